The molecule has 0 bridgehead atoms. The van der Waals surface area contributed by atoms with Crippen molar-refractivity contribution in [3.8, 4) is 5.75 Å². The second-order valence-electron chi connectivity index (χ2n) is 9.85. The molecule has 0 saturated carbocycles. The molecule has 1 amide bonds. The van der Waals surface area contributed by atoms with Crippen LogP contribution in [0.15, 0.2) is 61.8 Å². The number of aryl methyl sites for hydroxylation is 2. The topological polar surface area (TPSA) is 84.5 Å². The molecule has 37 heavy (non-hydrogen) atoms. The van der Waals surface area contributed by atoms with Gasteiger partial charge in [-0.3, -0.25) is 14.4 Å². The summed E-state index contributed by atoms with van der Waals surface area (Å²) in [7, 11) is 0. The minimum Gasteiger partial charge on any atom is -0.481 e. The maximum absolute atomic E-state index is 13.1. The molecule has 2 aliphatic carbocycles. The molecule has 0 aromatic heterocycles. The van der Waals surface area contributed by atoms with E-state index >= 15 is 0 Å². The van der Waals surface area contributed by atoms with Crippen molar-refractivity contribution < 1.29 is 19.1 Å². The Balaban J connectivity index is 1.41. The lowest BCUT2D eigenvalue weighted by molar-refractivity contribution is -0.118. The van der Waals surface area contributed by atoms with Gasteiger partial charge in [-0.25, -0.2) is 0 Å². The van der Waals surface area contributed by atoms with E-state index < -0.39 is 5.92 Å². The van der Waals surface area contributed by atoms with Gasteiger partial charge in [0.2, 0.25) is 0 Å². The van der Waals surface area contributed by atoms with Gasteiger partial charge in [0, 0.05) is 47.0 Å². The van der Waals surface area contributed by atoms with E-state index in [4.69, 9.17) is 4.74 Å². The Morgan fingerprint density at radius 3 is 2.08 bits per heavy atom. The SMILES string of the molecule is Cc1ccc(NC(=O)COc2c(Br)cc(C3C4=C(CCCC4=O)NC4=C3C(=O)CCC4)cc2Br)cc1C. The van der Waals surface area contributed by atoms with Crippen LogP contribution in [-0.4, -0.2) is 24.1 Å². The lowest BCUT2D eigenvalue weighted by atomic mass is 9.71. The van der Waals surface area contributed by atoms with Crippen molar-refractivity contribution in [3.05, 3.63) is 78.5 Å². The highest BCUT2D eigenvalue weighted by Gasteiger charge is 2.40. The molecule has 8 heteroatoms. The first-order valence-electron chi connectivity index (χ1n) is 12.5. The molecule has 2 aromatic rings. The summed E-state index contributed by atoms with van der Waals surface area (Å²) in [4.78, 5) is 38.7. The zero-order valence-electron chi connectivity index (χ0n) is 20.8. The van der Waals surface area contributed by atoms with Crippen molar-refractivity contribution in [2.75, 3.05) is 11.9 Å². The summed E-state index contributed by atoms with van der Waals surface area (Å²) in [6, 6.07) is 9.56. The van der Waals surface area contributed by atoms with Gasteiger partial charge in [-0.2, -0.15) is 0 Å². The molecule has 1 heterocycles. The van der Waals surface area contributed by atoms with Crippen LogP contribution in [0.4, 0.5) is 5.69 Å². The average Bonchev–Trinajstić information content (AvgIpc) is 2.85. The second kappa shape index (κ2) is 10.6. The van der Waals surface area contributed by atoms with Crippen LogP contribution < -0.4 is 15.4 Å². The summed E-state index contributed by atoms with van der Waals surface area (Å²) in [6.45, 7) is 3.85. The maximum atomic E-state index is 13.1. The maximum Gasteiger partial charge on any atom is 0.262 e. The number of benzene rings is 2. The number of ketones is 2. The molecule has 6 nitrogen and oxygen atoms in total. The molecule has 5 rings (SSSR count). The van der Waals surface area contributed by atoms with Gasteiger partial charge in [-0.05, 0) is 112 Å². The molecule has 0 unspecified atom stereocenters. The monoisotopic (exact) mass is 626 g/mol. The molecule has 192 valence electrons. The number of allylic oxidation sites excluding steroid dienone is 4. The van der Waals surface area contributed by atoms with Gasteiger partial charge in [0.1, 0.15) is 5.75 Å². The quantitative estimate of drug-likeness (QED) is 0.393. The Bertz CT molecular complexity index is 1330. The molecule has 2 N–H and O–H groups in total. The number of halogens is 2. The lowest BCUT2D eigenvalue weighted by Crippen LogP contribution is -2.36. The molecule has 0 fully saturated rings. The van der Waals surface area contributed by atoms with Gasteiger partial charge in [-0.15, -0.1) is 0 Å². The van der Waals surface area contributed by atoms with Crippen LogP contribution in [0.5, 0.6) is 5.75 Å². The number of anilines is 1. The van der Waals surface area contributed by atoms with E-state index in [9.17, 15) is 14.4 Å². The van der Waals surface area contributed by atoms with Crippen LogP contribution in [0.25, 0.3) is 0 Å². The van der Waals surface area contributed by atoms with Gasteiger partial charge in [0.05, 0.1) is 8.95 Å². The van der Waals surface area contributed by atoms with Crippen LogP contribution in [-0.2, 0) is 14.4 Å². The Morgan fingerprint density at radius 1 is 0.919 bits per heavy atom. The zero-order valence-corrected chi connectivity index (χ0v) is 24.0. The highest BCUT2D eigenvalue weighted by Crippen LogP contribution is 2.47. The fourth-order valence-corrected chi connectivity index (χ4v) is 6.81. The van der Waals surface area contributed by atoms with E-state index in [1.165, 1.54) is 0 Å². The number of ether oxygens (including phenoxy) is 1. The first kappa shape index (κ1) is 25.9. The summed E-state index contributed by atoms with van der Waals surface area (Å²) in [5.41, 5.74) is 7.14. The number of amides is 1. The van der Waals surface area contributed by atoms with E-state index in [-0.39, 0.29) is 24.1 Å². The predicted molar refractivity (Wildman–Crippen MR) is 150 cm³/mol. The predicted octanol–water partition coefficient (Wildman–Crippen LogP) is 6.55. The van der Waals surface area contributed by atoms with E-state index in [1.807, 2.05) is 44.2 Å². The number of carbonyl (C=O) groups is 3. The zero-order chi connectivity index (χ0) is 26.3. The van der Waals surface area contributed by atoms with Crippen molar-refractivity contribution >= 4 is 55.0 Å². The summed E-state index contributed by atoms with van der Waals surface area (Å²) in [5, 5.41) is 6.31. The van der Waals surface area contributed by atoms with Crippen LogP contribution in [0.1, 0.15) is 61.1 Å². The Labute approximate surface area is 233 Å². The summed E-state index contributed by atoms with van der Waals surface area (Å²) in [5.74, 6) is 0.0102. The molecule has 0 spiro atoms. The van der Waals surface area contributed by atoms with Crippen LogP contribution in [0, 0.1) is 13.8 Å². The third kappa shape index (κ3) is 5.18. The number of dihydropyridines is 1. The molecule has 1 aliphatic heterocycles. The molecule has 2 aromatic carbocycles. The minimum atomic E-state index is -0.401. The van der Waals surface area contributed by atoms with Gasteiger partial charge in [0.25, 0.3) is 5.91 Å². The molecule has 0 radical (unpaired) electrons. The third-order valence-corrected chi connectivity index (χ3v) is 8.46. The standard InChI is InChI=1S/C29H28Br2N2O4/c1-15-9-10-18(11-16(15)2)32-25(36)14-37-29-19(30)12-17(13-20(29)31)26-27-21(5-3-7-23(27)34)33-22-6-4-8-24(35)28(22)26/h9-13,26,33H,3-8,14H2,1-2H3,(H,32,36). The summed E-state index contributed by atoms with van der Waals surface area (Å²) < 4.78 is 7.16. The first-order chi connectivity index (χ1) is 17.7. The largest absolute Gasteiger partial charge is 0.481 e. The molecule has 0 saturated heterocycles. The number of carbonyl (C=O) groups excluding carboxylic acids is 3. The van der Waals surface area contributed by atoms with Gasteiger partial charge >= 0.3 is 0 Å². The fourth-order valence-electron chi connectivity index (χ4n) is 5.35. The van der Waals surface area contributed by atoms with Crippen molar-refractivity contribution in [2.45, 2.75) is 58.3 Å². The van der Waals surface area contributed by atoms with Crippen LogP contribution in [0.3, 0.4) is 0 Å². The first-order valence-corrected chi connectivity index (χ1v) is 14.1. The van der Waals surface area contributed by atoms with Crippen molar-refractivity contribution in [3.63, 3.8) is 0 Å². The van der Waals surface area contributed by atoms with Crippen molar-refractivity contribution in [1.82, 2.24) is 5.32 Å². The van der Waals surface area contributed by atoms with E-state index in [0.717, 1.165) is 59.5 Å². The van der Waals surface area contributed by atoms with E-state index in [1.54, 1.807) is 0 Å². The van der Waals surface area contributed by atoms with E-state index in [2.05, 4.69) is 42.5 Å². The number of Topliss-reactive ketones (excluding diaryl/α,β-unsaturated/α-hetero) is 2. The molecular formula is C29H28Br2N2O4. The highest BCUT2D eigenvalue weighted by molar-refractivity contribution is 9.11. The highest BCUT2D eigenvalue weighted by atomic mass is 79.9. The van der Waals surface area contributed by atoms with Crippen LogP contribution in [0.2, 0.25) is 0 Å². The Morgan fingerprint density at radius 2 is 1.51 bits per heavy atom. The third-order valence-electron chi connectivity index (χ3n) is 7.28. The average molecular weight is 628 g/mol. The van der Waals surface area contributed by atoms with Crippen molar-refractivity contribution in [2.24, 2.45) is 0 Å². The van der Waals surface area contributed by atoms with Crippen LogP contribution >= 0.6 is 31.9 Å². The number of hydrogen-bond donors (Lipinski definition) is 2. The van der Waals surface area contributed by atoms with Crippen molar-refractivity contribution in [1.29, 1.82) is 0 Å². The number of rotatable bonds is 5. The fraction of sp³-hybridized carbons (Fsp3) is 0.345. The normalized spacial score (nSPS) is 17.8. The summed E-state index contributed by atoms with van der Waals surface area (Å²) >= 11 is 7.20. The number of hydrogen-bond acceptors (Lipinski definition) is 5. The number of nitrogens with one attached hydrogen (secondary N) is 2. The molecular weight excluding hydrogens is 600 g/mol. The second-order valence-corrected chi connectivity index (χ2v) is 11.6. The minimum absolute atomic E-state index is 0.0965. The Kier molecular flexibility index (Phi) is 7.41. The smallest absolute Gasteiger partial charge is 0.262 e. The van der Waals surface area contributed by atoms with Gasteiger partial charge in [-0.1, -0.05) is 6.07 Å². The summed E-state index contributed by atoms with van der Waals surface area (Å²) in [6.07, 6.45) is 4.24. The Hall–Kier alpha value is -2.71. The molecule has 0 atom stereocenters. The van der Waals surface area contributed by atoms with Gasteiger partial charge < -0.3 is 15.4 Å². The van der Waals surface area contributed by atoms with Gasteiger partial charge in [0.15, 0.2) is 18.2 Å². The van der Waals surface area contributed by atoms with E-state index in [0.29, 0.717) is 38.7 Å². The lowest BCUT2D eigenvalue weighted by Gasteiger charge is -2.37. The molecule has 3 aliphatic rings.